The fourth-order valence-corrected chi connectivity index (χ4v) is 4.72. The van der Waals surface area contributed by atoms with Gasteiger partial charge in [0.1, 0.15) is 6.10 Å². The van der Waals surface area contributed by atoms with Crippen LogP contribution < -0.4 is 10.6 Å². The van der Waals surface area contributed by atoms with Crippen molar-refractivity contribution < 1.29 is 14.3 Å². The van der Waals surface area contributed by atoms with Gasteiger partial charge in [-0.15, -0.1) is 0 Å². The Bertz CT molecular complexity index is 923. The summed E-state index contributed by atoms with van der Waals surface area (Å²) >= 11 is 0. The predicted octanol–water partition coefficient (Wildman–Crippen LogP) is 2.54. The van der Waals surface area contributed by atoms with Crippen molar-refractivity contribution >= 4 is 17.5 Å². The molecule has 1 atom stereocenters. The van der Waals surface area contributed by atoms with Crippen molar-refractivity contribution in [3.05, 3.63) is 65.7 Å². The second-order valence-corrected chi connectivity index (χ2v) is 8.76. The van der Waals surface area contributed by atoms with E-state index in [0.29, 0.717) is 6.54 Å². The summed E-state index contributed by atoms with van der Waals surface area (Å²) in [6.45, 7) is 5.34. The molecule has 6 nitrogen and oxygen atoms in total. The van der Waals surface area contributed by atoms with Gasteiger partial charge in [-0.1, -0.05) is 42.5 Å². The molecule has 1 unspecified atom stereocenters. The minimum absolute atomic E-state index is 0.0371. The highest BCUT2D eigenvalue weighted by atomic mass is 16.5. The molecule has 1 spiro atoms. The Morgan fingerprint density at radius 2 is 1.81 bits per heavy atom. The van der Waals surface area contributed by atoms with E-state index in [4.69, 9.17) is 10.5 Å². The van der Waals surface area contributed by atoms with E-state index in [-0.39, 0.29) is 23.8 Å². The van der Waals surface area contributed by atoms with Gasteiger partial charge in [-0.25, -0.2) is 0 Å². The third-order valence-corrected chi connectivity index (χ3v) is 6.41. The van der Waals surface area contributed by atoms with Gasteiger partial charge >= 0.3 is 0 Å². The molecule has 164 valence electrons. The third kappa shape index (κ3) is 5.14. The third-order valence-electron chi connectivity index (χ3n) is 6.41. The number of primary amides is 1. The van der Waals surface area contributed by atoms with Crippen LogP contribution in [0.25, 0.3) is 0 Å². The standard InChI is InChI=1S/C25H31N3O3/c1-19-24(30)28(22-8-3-2-4-9-22)18-25(31-19)11-14-27(15-12-25)13-10-20-6-5-7-21(16-20)17-23(26)29/h2-9,16,19H,10-15,17-18H2,1H3,(H2,26,29). The van der Waals surface area contributed by atoms with Gasteiger partial charge in [0.05, 0.1) is 18.6 Å². The number of nitrogens with zero attached hydrogens (tertiary/aromatic N) is 2. The molecule has 0 aliphatic carbocycles. The molecule has 2 fully saturated rings. The Balaban J connectivity index is 1.34. The van der Waals surface area contributed by atoms with Crippen LogP contribution in [0.3, 0.4) is 0 Å². The molecular weight excluding hydrogens is 390 g/mol. The van der Waals surface area contributed by atoms with Crippen LogP contribution >= 0.6 is 0 Å². The summed E-state index contributed by atoms with van der Waals surface area (Å²) in [7, 11) is 0. The van der Waals surface area contributed by atoms with Gasteiger partial charge in [-0.2, -0.15) is 0 Å². The number of morpholine rings is 1. The van der Waals surface area contributed by atoms with Crippen LogP contribution in [0.5, 0.6) is 0 Å². The highest BCUT2D eigenvalue weighted by Gasteiger charge is 2.45. The zero-order chi connectivity index (χ0) is 21.8. The van der Waals surface area contributed by atoms with Crippen molar-refractivity contribution in [2.24, 2.45) is 5.73 Å². The average Bonchev–Trinajstić information content (AvgIpc) is 2.76. The van der Waals surface area contributed by atoms with E-state index in [0.717, 1.165) is 50.1 Å². The van der Waals surface area contributed by atoms with E-state index in [1.165, 1.54) is 5.56 Å². The highest BCUT2D eigenvalue weighted by molar-refractivity contribution is 5.97. The summed E-state index contributed by atoms with van der Waals surface area (Å²) in [5.74, 6) is -0.265. The molecule has 4 rings (SSSR count). The lowest BCUT2D eigenvalue weighted by molar-refractivity contribution is -0.161. The Morgan fingerprint density at radius 3 is 2.52 bits per heavy atom. The summed E-state index contributed by atoms with van der Waals surface area (Å²) in [5.41, 5.74) is 8.18. The zero-order valence-corrected chi connectivity index (χ0v) is 18.1. The molecule has 2 aliphatic heterocycles. The maximum absolute atomic E-state index is 12.7. The number of para-hydroxylation sites is 1. The number of nitrogens with two attached hydrogens (primary N) is 1. The molecular formula is C25H31N3O3. The zero-order valence-electron chi connectivity index (χ0n) is 18.1. The van der Waals surface area contributed by atoms with Crippen molar-refractivity contribution in [1.29, 1.82) is 0 Å². The molecule has 2 aliphatic rings. The Hall–Kier alpha value is -2.70. The molecule has 0 aromatic heterocycles. The number of hydrogen-bond donors (Lipinski definition) is 1. The van der Waals surface area contributed by atoms with Gasteiger partial charge in [0.2, 0.25) is 5.91 Å². The van der Waals surface area contributed by atoms with Crippen molar-refractivity contribution in [2.45, 2.75) is 44.3 Å². The van der Waals surface area contributed by atoms with Crippen LogP contribution in [0.2, 0.25) is 0 Å². The maximum Gasteiger partial charge on any atom is 0.255 e. The summed E-state index contributed by atoms with van der Waals surface area (Å²) in [6, 6.07) is 18.0. The number of benzene rings is 2. The van der Waals surface area contributed by atoms with Crippen LogP contribution in [0.15, 0.2) is 54.6 Å². The van der Waals surface area contributed by atoms with Gasteiger partial charge in [0.25, 0.3) is 5.91 Å². The first-order chi connectivity index (χ1) is 14.9. The van der Waals surface area contributed by atoms with Crippen LogP contribution in [-0.4, -0.2) is 54.6 Å². The highest BCUT2D eigenvalue weighted by Crippen LogP contribution is 2.35. The fraction of sp³-hybridized carbons (Fsp3) is 0.440. The fourth-order valence-electron chi connectivity index (χ4n) is 4.72. The molecule has 2 heterocycles. The van der Waals surface area contributed by atoms with Crippen LogP contribution in [0, 0.1) is 0 Å². The molecule has 2 saturated heterocycles. The topological polar surface area (TPSA) is 75.9 Å². The summed E-state index contributed by atoms with van der Waals surface area (Å²) < 4.78 is 6.28. The number of rotatable bonds is 6. The number of likely N-dealkylation sites (tertiary alicyclic amines) is 1. The van der Waals surface area contributed by atoms with Crippen LogP contribution in [-0.2, 0) is 27.2 Å². The smallest absolute Gasteiger partial charge is 0.255 e. The van der Waals surface area contributed by atoms with E-state index in [1.807, 2.05) is 54.3 Å². The predicted molar refractivity (Wildman–Crippen MR) is 121 cm³/mol. The average molecular weight is 422 g/mol. The van der Waals surface area contributed by atoms with Gasteiger partial charge in [0.15, 0.2) is 0 Å². The summed E-state index contributed by atoms with van der Waals surface area (Å²) in [4.78, 5) is 28.3. The van der Waals surface area contributed by atoms with Gasteiger partial charge in [0, 0.05) is 25.3 Å². The molecule has 2 aromatic rings. The number of amides is 2. The lowest BCUT2D eigenvalue weighted by atomic mass is 9.88. The summed E-state index contributed by atoms with van der Waals surface area (Å²) in [6.07, 6.45) is 2.62. The number of piperidine rings is 1. The van der Waals surface area contributed by atoms with Crippen molar-refractivity contribution in [1.82, 2.24) is 4.90 Å². The van der Waals surface area contributed by atoms with Gasteiger partial charge < -0.3 is 20.3 Å². The Labute approximate surface area is 184 Å². The molecule has 2 amide bonds. The first kappa shape index (κ1) is 21.5. The molecule has 6 heteroatoms. The normalized spacial score (nSPS) is 21.4. The second-order valence-electron chi connectivity index (χ2n) is 8.76. The van der Waals surface area contributed by atoms with E-state index in [2.05, 4.69) is 17.0 Å². The Kier molecular flexibility index (Phi) is 6.39. The number of ether oxygens (including phenoxy) is 1. The lowest BCUT2D eigenvalue weighted by Gasteiger charge is -2.49. The van der Waals surface area contributed by atoms with E-state index < -0.39 is 6.10 Å². The first-order valence-corrected chi connectivity index (χ1v) is 11.1. The van der Waals surface area contributed by atoms with E-state index in [1.54, 1.807) is 0 Å². The van der Waals surface area contributed by atoms with Crippen molar-refractivity contribution in [3.63, 3.8) is 0 Å². The molecule has 0 radical (unpaired) electrons. The molecule has 2 N–H and O–H groups in total. The number of carbonyl (C=O) groups excluding carboxylic acids is 2. The number of hydrogen-bond acceptors (Lipinski definition) is 4. The monoisotopic (exact) mass is 421 g/mol. The largest absolute Gasteiger partial charge is 0.369 e. The lowest BCUT2D eigenvalue weighted by Crippen LogP contribution is -2.61. The number of carbonyl (C=O) groups is 2. The minimum Gasteiger partial charge on any atom is -0.369 e. The molecule has 0 saturated carbocycles. The first-order valence-electron chi connectivity index (χ1n) is 11.1. The van der Waals surface area contributed by atoms with E-state index >= 15 is 0 Å². The van der Waals surface area contributed by atoms with Gasteiger partial charge in [-0.3, -0.25) is 9.59 Å². The maximum atomic E-state index is 12.7. The van der Waals surface area contributed by atoms with Crippen LogP contribution in [0.1, 0.15) is 30.9 Å². The van der Waals surface area contributed by atoms with E-state index in [9.17, 15) is 9.59 Å². The second kappa shape index (κ2) is 9.20. The van der Waals surface area contributed by atoms with Crippen molar-refractivity contribution in [2.75, 3.05) is 31.1 Å². The molecule has 31 heavy (non-hydrogen) atoms. The molecule has 0 bridgehead atoms. The molecule has 2 aromatic carbocycles. The van der Waals surface area contributed by atoms with Gasteiger partial charge in [-0.05, 0) is 49.4 Å². The van der Waals surface area contributed by atoms with Crippen LogP contribution in [0.4, 0.5) is 5.69 Å². The SMILES string of the molecule is CC1OC2(CCN(CCc3cccc(CC(N)=O)c3)CC2)CN(c2ccccc2)C1=O. The quantitative estimate of drug-likeness (QED) is 0.778. The number of anilines is 1. The Morgan fingerprint density at radius 1 is 1.10 bits per heavy atom. The summed E-state index contributed by atoms with van der Waals surface area (Å²) in [5, 5.41) is 0. The minimum atomic E-state index is -0.423. The van der Waals surface area contributed by atoms with Crippen molar-refractivity contribution in [3.8, 4) is 0 Å².